The third-order valence-corrected chi connectivity index (χ3v) is 5.49. The number of ether oxygens (including phenoxy) is 1. The van der Waals surface area contributed by atoms with E-state index in [2.05, 4.69) is 4.98 Å². The molecule has 0 aromatic carbocycles. The maximum absolute atomic E-state index is 12.3. The molecule has 3 heterocycles. The molecule has 124 valence electrons. The van der Waals surface area contributed by atoms with E-state index >= 15 is 0 Å². The zero-order valence-electron chi connectivity index (χ0n) is 12.6. The van der Waals surface area contributed by atoms with Crippen LogP contribution in [-0.4, -0.2) is 20.4 Å². The van der Waals surface area contributed by atoms with Crippen LogP contribution < -0.4 is 5.56 Å². The number of esters is 1. The molecule has 0 atom stereocenters. The van der Waals surface area contributed by atoms with Gasteiger partial charge in [-0.1, -0.05) is 11.3 Å². The van der Waals surface area contributed by atoms with E-state index in [0.717, 1.165) is 22.7 Å². The molecule has 3 aromatic rings. The Kier molecular flexibility index (Phi) is 4.16. The normalized spacial score (nSPS) is 10.9. The lowest BCUT2D eigenvalue weighted by molar-refractivity contribution is -0.380. The Bertz CT molecular complexity index is 1020. The van der Waals surface area contributed by atoms with Crippen molar-refractivity contribution in [3.63, 3.8) is 0 Å². The summed E-state index contributed by atoms with van der Waals surface area (Å²) in [5.41, 5.74) is 0.860. The maximum atomic E-state index is 12.3. The number of hydrogen-bond acceptors (Lipinski definition) is 8. The first-order valence-electron chi connectivity index (χ1n) is 6.72. The monoisotopic (exact) mass is 365 g/mol. The van der Waals surface area contributed by atoms with Gasteiger partial charge in [0.1, 0.15) is 16.3 Å². The zero-order chi connectivity index (χ0) is 17.4. The minimum atomic E-state index is -0.577. The molecule has 8 nitrogen and oxygen atoms in total. The number of fused-ring (bicyclic) bond motifs is 1. The van der Waals surface area contributed by atoms with Gasteiger partial charge in [-0.3, -0.25) is 14.9 Å². The van der Waals surface area contributed by atoms with Gasteiger partial charge in [0.05, 0.1) is 16.6 Å². The summed E-state index contributed by atoms with van der Waals surface area (Å²) in [7, 11) is 1.59. The molecule has 0 aliphatic rings. The lowest BCUT2D eigenvalue weighted by Gasteiger charge is -2.02. The molecule has 10 heteroatoms. The van der Waals surface area contributed by atoms with Crippen LogP contribution in [0, 0.1) is 17.0 Å². The fraction of sp³-hybridized carbons (Fsp3) is 0.214. The number of aromatic nitrogens is 2. The summed E-state index contributed by atoms with van der Waals surface area (Å²) in [6, 6.07) is 1.37. The number of aryl methyl sites for hydroxylation is 2. The number of rotatable bonds is 4. The summed E-state index contributed by atoms with van der Waals surface area (Å²) in [5.74, 6) is -0.577. The van der Waals surface area contributed by atoms with Crippen LogP contribution in [0.2, 0.25) is 0 Å². The number of carbonyl (C=O) groups excluding carboxylic acids is 1. The number of nitro groups is 1. The fourth-order valence-electron chi connectivity index (χ4n) is 2.15. The third-order valence-electron chi connectivity index (χ3n) is 3.39. The molecule has 0 radical (unpaired) electrons. The summed E-state index contributed by atoms with van der Waals surface area (Å²) < 4.78 is 6.56. The number of carbonyl (C=O) groups is 1. The molecule has 0 aliphatic heterocycles. The Morgan fingerprint density at radius 1 is 1.50 bits per heavy atom. The average molecular weight is 365 g/mol. The molecule has 0 fully saturated rings. The predicted octanol–water partition coefficient (Wildman–Crippen LogP) is 2.63. The molecular weight excluding hydrogens is 354 g/mol. The molecule has 0 amide bonds. The molecule has 0 unspecified atom stereocenters. The van der Waals surface area contributed by atoms with E-state index in [1.165, 1.54) is 17.0 Å². The Hall–Kier alpha value is -2.59. The van der Waals surface area contributed by atoms with Crippen LogP contribution in [-0.2, 0) is 18.4 Å². The van der Waals surface area contributed by atoms with E-state index in [-0.39, 0.29) is 17.2 Å². The summed E-state index contributed by atoms with van der Waals surface area (Å²) in [4.78, 5) is 39.5. The first-order valence-corrected chi connectivity index (χ1v) is 8.41. The van der Waals surface area contributed by atoms with Gasteiger partial charge in [-0.05, 0) is 12.5 Å². The topological polar surface area (TPSA) is 104 Å². The average Bonchev–Trinajstić information content (AvgIpc) is 3.14. The van der Waals surface area contributed by atoms with Crippen molar-refractivity contribution in [2.75, 3.05) is 0 Å². The Morgan fingerprint density at radius 2 is 2.25 bits per heavy atom. The molecule has 0 saturated carbocycles. The maximum Gasteiger partial charge on any atom is 0.349 e. The highest BCUT2D eigenvalue weighted by atomic mass is 32.1. The first-order chi connectivity index (χ1) is 11.4. The second-order valence-corrected chi connectivity index (χ2v) is 6.91. The summed E-state index contributed by atoms with van der Waals surface area (Å²) >= 11 is 2.07. The van der Waals surface area contributed by atoms with Gasteiger partial charge < -0.3 is 9.30 Å². The molecule has 0 aliphatic carbocycles. The zero-order valence-corrected chi connectivity index (χ0v) is 14.3. The first kappa shape index (κ1) is 16.3. The van der Waals surface area contributed by atoms with Crippen LogP contribution in [0.5, 0.6) is 0 Å². The minimum Gasteiger partial charge on any atom is -0.457 e. The molecule has 0 N–H and O–H groups in total. The van der Waals surface area contributed by atoms with Crippen LogP contribution in [0.3, 0.4) is 0 Å². The van der Waals surface area contributed by atoms with Crippen LogP contribution in [0.4, 0.5) is 5.00 Å². The largest absolute Gasteiger partial charge is 0.457 e. The SMILES string of the molecule is Cc1c(C(=O)OCc2csc([N+](=O)[O-])c2)sc2ncn(C)c(=O)c12. The van der Waals surface area contributed by atoms with E-state index in [1.54, 1.807) is 19.4 Å². The second-order valence-electron chi connectivity index (χ2n) is 5.02. The van der Waals surface area contributed by atoms with Gasteiger partial charge in [0.25, 0.3) is 5.56 Å². The number of hydrogen-bond donors (Lipinski definition) is 0. The summed E-state index contributed by atoms with van der Waals surface area (Å²) in [5, 5.41) is 12.6. The molecule has 24 heavy (non-hydrogen) atoms. The van der Waals surface area contributed by atoms with Gasteiger partial charge in [0, 0.05) is 24.1 Å². The van der Waals surface area contributed by atoms with Crippen LogP contribution >= 0.6 is 22.7 Å². The smallest absolute Gasteiger partial charge is 0.349 e. The van der Waals surface area contributed by atoms with Gasteiger partial charge in [-0.25, -0.2) is 9.78 Å². The fourth-order valence-corrected chi connectivity index (χ4v) is 3.90. The Labute approximate surface area is 143 Å². The van der Waals surface area contributed by atoms with E-state index in [4.69, 9.17) is 4.74 Å². The van der Waals surface area contributed by atoms with Crippen molar-refractivity contribution in [3.8, 4) is 0 Å². The molecule has 0 spiro atoms. The minimum absolute atomic E-state index is 0.00760. The van der Waals surface area contributed by atoms with Crippen molar-refractivity contribution in [2.45, 2.75) is 13.5 Å². The van der Waals surface area contributed by atoms with Crippen molar-refractivity contribution >= 4 is 43.9 Å². The van der Waals surface area contributed by atoms with Crippen molar-refractivity contribution in [2.24, 2.45) is 7.05 Å². The molecular formula is C14H11N3O5S2. The van der Waals surface area contributed by atoms with E-state index in [0.29, 0.717) is 26.2 Å². The molecule has 3 rings (SSSR count). The number of nitrogens with zero attached hydrogens (tertiary/aromatic N) is 3. The van der Waals surface area contributed by atoms with Gasteiger partial charge >= 0.3 is 11.0 Å². The molecule has 0 saturated heterocycles. The summed E-state index contributed by atoms with van der Waals surface area (Å²) in [6.07, 6.45) is 1.40. The Morgan fingerprint density at radius 3 is 2.92 bits per heavy atom. The van der Waals surface area contributed by atoms with Crippen molar-refractivity contribution in [1.29, 1.82) is 0 Å². The second kappa shape index (κ2) is 6.13. The van der Waals surface area contributed by atoms with Gasteiger partial charge in [0.15, 0.2) is 0 Å². The van der Waals surface area contributed by atoms with Crippen LogP contribution in [0.25, 0.3) is 10.2 Å². The van der Waals surface area contributed by atoms with Crippen molar-refractivity contribution < 1.29 is 14.5 Å². The quantitative estimate of drug-likeness (QED) is 0.400. The highest BCUT2D eigenvalue weighted by Crippen LogP contribution is 2.28. The molecule has 0 bridgehead atoms. The lowest BCUT2D eigenvalue weighted by Crippen LogP contribution is -2.16. The predicted molar refractivity (Wildman–Crippen MR) is 89.7 cm³/mol. The highest BCUT2D eigenvalue weighted by molar-refractivity contribution is 7.20. The van der Waals surface area contributed by atoms with Gasteiger partial charge in [-0.15, -0.1) is 11.3 Å². The van der Waals surface area contributed by atoms with Crippen LogP contribution in [0.1, 0.15) is 20.8 Å². The van der Waals surface area contributed by atoms with Gasteiger partial charge in [0.2, 0.25) is 0 Å². The van der Waals surface area contributed by atoms with E-state index < -0.39 is 10.9 Å². The Balaban J connectivity index is 1.83. The van der Waals surface area contributed by atoms with E-state index in [9.17, 15) is 19.7 Å². The molecule has 3 aromatic heterocycles. The standard InChI is InChI=1S/C14H11N3O5S2/c1-7-10-12(15-6-16(2)13(10)18)24-11(7)14(19)22-4-8-3-9(17(20)21)23-5-8/h3,5-6H,4H2,1-2H3. The van der Waals surface area contributed by atoms with E-state index in [1.807, 2.05) is 0 Å². The summed E-state index contributed by atoms with van der Waals surface area (Å²) in [6.45, 7) is 1.61. The van der Waals surface area contributed by atoms with Crippen LogP contribution in [0.15, 0.2) is 22.6 Å². The van der Waals surface area contributed by atoms with Gasteiger partial charge in [-0.2, -0.15) is 0 Å². The highest BCUT2D eigenvalue weighted by Gasteiger charge is 2.20. The lowest BCUT2D eigenvalue weighted by atomic mass is 10.2. The van der Waals surface area contributed by atoms with Crippen molar-refractivity contribution in [1.82, 2.24) is 9.55 Å². The van der Waals surface area contributed by atoms with Crippen molar-refractivity contribution in [3.05, 3.63) is 54.2 Å². The number of thiophene rings is 2. The third kappa shape index (κ3) is 2.81.